The maximum absolute atomic E-state index is 11.3. The van der Waals surface area contributed by atoms with Gasteiger partial charge in [0.2, 0.25) is 0 Å². The first-order chi connectivity index (χ1) is 10.8. The van der Waals surface area contributed by atoms with Crippen molar-refractivity contribution < 1.29 is 23.1 Å². The molecule has 1 heterocycles. The van der Waals surface area contributed by atoms with E-state index in [9.17, 15) is 18.0 Å². The Kier molecular flexibility index (Phi) is 6.78. The van der Waals surface area contributed by atoms with Crippen LogP contribution in [0.4, 0.5) is 19.0 Å². The molecule has 0 aliphatic carbocycles. The summed E-state index contributed by atoms with van der Waals surface area (Å²) in [5, 5.41) is 10.1. The average molecular weight is 329 g/mol. The molecule has 0 atom stereocenters. The fourth-order valence-electron chi connectivity index (χ4n) is 1.45. The van der Waals surface area contributed by atoms with Crippen molar-refractivity contribution in [3.8, 4) is 0 Å². The van der Waals surface area contributed by atoms with Gasteiger partial charge in [-0.2, -0.15) is 13.2 Å². The van der Waals surface area contributed by atoms with Crippen LogP contribution in [0.15, 0.2) is 47.5 Å². The van der Waals surface area contributed by atoms with E-state index >= 15 is 0 Å². The van der Waals surface area contributed by atoms with Crippen molar-refractivity contribution in [2.45, 2.75) is 12.6 Å². The third kappa shape index (κ3) is 7.11. The van der Waals surface area contributed by atoms with Crippen molar-refractivity contribution in [2.24, 2.45) is 0 Å². The molecular formula is C14H14F3N3O3. The van der Waals surface area contributed by atoms with Crippen LogP contribution in [-0.4, -0.2) is 33.8 Å². The Morgan fingerprint density at radius 3 is 2.39 bits per heavy atom. The van der Waals surface area contributed by atoms with E-state index in [1.54, 1.807) is 6.20 Å². The number of H-pyrrole nitrogens is 1. The van der Waals surface area contributed by atoms with Gasteiger partial charge in [0.15, 0.2) is 5.82 Å². The van der Waals surface area contributed by atoms with Crippen molar-refractivity contribution in [1.82, 2.24) is 9.97 Å². The highest BCUT2D eigenvalue weighted by molar-refractivity contribution is 5.73. The number of hydrogen-bond donors (Lipinski definition) is 3. The standard InChI is InChI=1S/C12H13N3O.C2HF3O2/c16-12-11(14-8-9-15-12)13-7-6-10-4-2-1-3-5-10;3-2(4,5)1(6)7/h1-5,8-9H,6-7H2,(H,13,14)(H,15,16);(H,6,7). The lowest BCUT2D eigenvalue weighted by atomic mass is 10.1. The summed E-state index contributed by atoms with van der Waals surface area (Å²) >= 11 is 0. The molecule has 0 amide bonds. The zero-order valence-electron chi connectivity index (χ0n) is 11.8. The van der Waals surface area contributed by atoms with Gasteiger partial charge in [0.05, 0.1) is 0 Å². The van der Waals surface area contributed by atoms with Crippen LogP contribution in [0, 0.1) is 0 Å². The number of nitrogens with zero attached hydrogens (tertiary/aromatic N) is 1. The summed E-state index contributed by atoms with van der Waals surface area (Å²) in [6.45, 7) is 0.699. The summed E-state index contributed by atoms with van der Waals surface area (Å²) < 4.78 is 31.7. The van der Waals surface area contributed by atoms with Gasteiger partial charge in [-0.25, -0.2) is 9.78 Å². The molecule has 0 aliphatic heterocycles. The molecule has 0 saturated heterocycles. The van der Waals surface area contributed by atoms with Crippen LogP contribution in [0.1, 0.15) is 5.56 Å². The van der Waals surface area contributed by atoms with Gasteiger partial charge in [0.1, 0.15) is 0 Å². The number of anilines is 1. The van der Waals surface area contributed by atoms with Gasteiger partial charge >= 0.3 is 12.1 Å². The van der Waals surface area contributed by atoms with E-state index in [1.165, 1.54) is 11.8 Å². The lowest BCUT2D eigenvalue weighted by Crippen LogP contribution is -2.21. The predicted octanol–water partition coefficient (Wildman–Crippen LogP) is 2.06. The Morgan fingerprint density at radius 2 is 1.87 bits per heavy atom. The zero-order valence-corrected chi connectivity index (χ0v) is 11.8. The molecule has 0 spiro atoms. The van der Waals surface area contributed by atoms with Crippen LogP contribution in [0.25, 0.3) is 0 Å². The van der Waals surface area contributed by atoms with Gasteiger partial charge in [-0.1, -0.05) is 30.3 Å². The van der Waals surface area contributed by atoms with Crippen molar-refractivity contribution in [1.29, 1.82) is 0 Å². The second kappa shape index (κ2) is 8.57. The number of aliphatic carboxylic acids is 1. The summed E-state index contributed by atoms with van der Waals surface area (Å²) in [4.78, 5) is 26.7. The van der Waals surface area contributed by atoms with E-state index in [4.69, 9.17) is 9.90 Å². The molecule has 6 nitrogen and oxygen atoms in total. The lowest BCUT2D eigenvalue weighted by Gasteiger charge is -2.03. The molecule has 2 rings (SSSR count). The third-order valence-electron chi connectivity index (χ3n) is 2.50. The second-order valence-corrected chi connectivity index (χ2v) is 4.23. The first-order valence-electron chi connectivity index (χ1n) is 6.42. The van der Waals surface area contributed by atoms with Gasteiger partial charge in [-0.3, -0.25) is 4.79 Å². The normalized spacial score (nSPS) is 10.4. The van der Waals surface area contributed by atoms with Crippen molar-refractivity contribution in [3.05, 3.63) is 58.6 Å². The third-order valence-corrected chi connectivity index (χ3v) is 2.50. The molecule has 0 unspecified atom stereocenters. The predicted molar refractivity (Wildman–Crippen MR) is 77.2 cm³/mol. The number of carboxylic acids is 1. The van der Waals surface area contributed by atoms with Crippen LogP contribution in [0.5, 0.6) is 0 Å². The molecule has 124 valence electrons. The maximum atomic E-state index is 11.3. The van der Waals surface area contributed by atoms with Gasteiger partial charge in [0, 0.05) is 18.9 Å². The number of nitrogens with one attached hydrogen (secondary N) is 2. The Hall–Kier alpha value is -2.84. The molecule has 1 aromatic heterocycles. The Morgan fingerprint density at radius 1 is 1.26 bits per heavy atom. The fraction of sp³-hybridized carbons (Fsp3) is 0.214. The molecule has 9 heteroatoms. The number of alkyl halides is 3. The molecular weight excluding hydrogens is 315 g/mol. The topological polar surface area (TPSA) is 95.1 Å². The van der Waals surface area contributed by atoms with Crippen LogP contribution < -0.4 is 10.9 Å². The SMILES string of the molecule is O=C(O)C(F)(F)F.O=c1[nH]ccnc1NCCc1ccccc1. The first kappa shape index (κ1) is 18.2. The van der Waals surface area contributed by atoms with Gasteiger partial charge in [0.25, 0.3) is 5.56 Å². The number of aromatic nitrogens is 2. The lowest BCUT2D eigenvalue weighted by molar-refractivity contribution is -0.192. The van der Waals surface area contributed by atoms with E-state index in [0.29, 0.717) is 12.4 Å². The second-order valence-electron chi connectivity index (χ2n) is 4.23. The van der Waals surface area contributed by atoms with Crippen LogP contribution in [-0.2, 0) is 11.2 Å². The smallest absolute Gasteiger partial charge is 0.475 e. The average Bonchev–Trinajstić information content (AvgIpc) is 2.50. The quantitative estimate of drug-likeness (QED) is 0.798. The molecule has 0 bridgehead atoms. The monoisotopic (exact) mass is 329 g/mol. The highest BCUT2D eigenvalue weighted by atomic mass is 19.4. The summed E-state index contributed by atoms with van der Waals surface area (Å²) in [5.41, 5.74) is 1.05. The van der Waals surface area contributed by atoms with Gasteiger partial charge in [-0.15, -0.1) is 0 Å². The van der Waals surface area contributed by atoms with Crippen LogP contribution in [0.3, 0.4) is 0 Å². The summed E-state index contributed by atoms with van der Waals surface area (Å²) in [6.07, 6.45) is -1.13. The van der Waals surface area contributed by atoms with Crippen LogP contribution in [0.2, 0.25) is 0 Å². The number of aromatic amines is 1. The van der Waals surface area contributed by atoms with E-state index in [2.05, 4.69) is 27.4 Å². The molecule has 1 aromatic carbocycles. The minimum absolute atomic E-state index is 0.185. The number of carboxylic acid groups (broad SMARTS) is 1. The summed E-state index contributed by atoms with van der Waals surface area (Å²) in [5.74, 6) is -2.38. The van der Waals surface area contributed by atoms with Crippen molar-refractivity contribution >= 4 is 11.8 Å². The number of rotatable bonds is 4. The van der Waals surface area contributed by atoms with Gasteiger partial charge in [-0.05, 0) is 12.0 Å². The van der Waals surface area contributed by atoms with Crippen molar-refractivity contribution in [3.63, 3.8) is 0 Å². The van der Waals surface area contributed by atoms with E-state index in [0.717, 1.165) is 6.42 Å². The summed E-state index contributed by atoms with van der Waals surface area (Å²) in [6, 6.07) is 10.1. The van der Waals surface area contributed by atoms with Crippen LogP contribution >= 0.6 is 0 Å². The Bertz CT molecular complexity index is 672. The van der Waals surface area contributed by atoms with E-state index < -0.39 is 12.1 Å². The number of hydrogen-bond acceptors (Lipinski definition) is 4. The number of halogens is 3. The first-order valence-corrected chi connectivity index (χ1v) is 6.42. The molecule has 0 radical (unpaired) electrons. The number of carbonyl (C=O) groups is 1. The largest absolute Gasteiger partial charge is 0.490 e. The maximum Gasteiger partial charge on any atom is 0.490 e. The highest BCUT2D eigenvalue weighted by Gasteiger charge is 2.38. The van der Waals surface area contributed by atoms with E-state index in [-0.39, 0.29) is 5.56 Å². The molecule has 2 aromatic rings. The van der Waals surface area contributed by atoms with Crippen molar-refractivity contribution in [2.75, 3.05) is 11.9 Å². The Balaban J connectivity index is 0.000000322. The molecule has 0 fully saturated rings. The van der Waals surface area contributed by atoms with Gasteiger partial charge < -0.3 is 15.4 Å². The molecule has 23 heavy (non-hydrogen) atoms. The molecule has 0 saturated carbocycles. The minimum Gasteiger partial charge on any atom is -0.475 e. The Labute approximate surface area is 129 Å². The molecule has 3 N–H and O–H groups in total. The number of benzene rings is 1. The van der Waals surface area contributed by atoms with E-state index in [1.807, 2.05) is 18.2 Å². The summed E-state index contributed by atoms with van der Waals surface area (Å²) in [7, 11) is 0. The fourth-order valence-corrected chi connectivity index (χ4v) is 1.45. The zero-order chi connectivity index (χ0) is 17.3. The minimum atomic E-state index is -5.08. The highest BCUT2D eigenvalue weighted by Crippen LogP contribution is 2.13. The molecule has 0 aliphatic rings.